The van der Waals surface area contributed by atoms with Crippen molar-refractivity contribution < 1.29 is 23.1 Å². The van der Waals surface area contributed by atoms with Crippen LogP contribution in [0.4, 0.5) is 13.2 Å². The van der Waals surface area contributed by atoms with Gasteiger partial charge in [0.1, 0.15) is 0 Å². The third kappa shape index (κ3) is 7.49. The highest BCUT2D eigenvalue weighted by molar-refractivity contribution is 5.73. The predicted molar refractivity (Wildman–Crippen MR) is 80.4 cm³/mol. The van der Waals surface area contributed by atoms with Crippen LogP contribution in [0.15, 0.2) is 6.07 Å². The third-order valence-electron chi connectivity index (χ3n) is 3.70. The van der Waals surface area contributed by atoms with E-state index < -0.39 is 12.1 Å². The van der Waals surface area contributed by atoms with Crippen molar-refractivity contribution in [3.05, 3.63) is 17.5 Å². The van der Waals surface area contributed by atoms with E-state index in [4.69, 9.17) is 9.90 Å². The molecule has 0 spiro atoms. The minimum atomic E-state index is -5.08. The summed E-state index contributed by atoms with van der Waals surface area (Å²) in [5.74, 6) is -2.08. The molecule has 0 aliphatic carbocycles. The van der Waals surface area contributed by atoms with Crippen LogP contribution < -0.4 is 5.32 Å². The van der Waals surface area contributed by atoms with E-state index in [2.05, 4.69) is 28.5 Å². The van der Waals surface area contributed by atoms with Crippen LogP contribution in [0.3, 0.4) is 0 Å². The summed E-state index contributed by atoms with van der Waals surface area (Å²) in [6, 6.07) is 2.28. The summed E-state index contributed by atoms with van der Waals surface area (Å²) < 4.78 is 31.7. The van der Waals surface area contributed by atoms with Crippen molar-refractivity contribution in [3.63, 3.8) is 0 Å². The number of carboxylic acid groups (broad SMARTS) is 1. The first kappa shape index (κ1) is 19.5. The number of carbonyl (C=O) groups is 1. The van der Waals surface area contributed by atoms with Crippen LogP contribution in [0, 0.1) is 0 Å². The van der Waals surface area contributed by atoms with Crippen molar-refractivity contribution in [3.8, 4) is 0 Å². The van der Waals surface area contributed by atoms with Gasteiger partial charge in [0, 0.05) is 11.6 Å². The maximum absolute atomic E-state index is 10.6. The topological polar surface area (TPSA) is 78.0 Å². The van der Waals surface area contributed by atoms with Gasteiger partial charge in [0.25, 0.3) is 0 Å². The van der Waals surface area contributed by atoms with Crippen LogP contribution in [0.2, 0.25) is 0 Å². The summed E-state index contributed by atoms with van der Waals surface area (Å²) in [6.45, 7) is 4.53. The van der Waals surface area contributed by atoms with Gasteiger partial charge >= 0.3 is 12.1 Å². The molecule has 1 fully saturated rings. The van der Waals surface area contributed by atoms with Crippen LogP contribution in [0.5, 0.6) is 0 Å². The first-order chi connectivity index (χ1) is 10.8. The number of carboxylic acids is 1. The Morgan fingerprint density at radius 2 is 1.96 bits per heavy atom. The molecule has 1 aliphatic heterocycles. The molecule has 2 heterocycles. The number of hydrogen-bond acceptors (Lipinski definition) is 3. The molecule has 0 amide bonds. The lowest BCUT2D eigenvalue weighted by atomic mass is 9.94. The van der Waals surface area contributed by atoms with Gasteiger partial charge in [0.05, 0.1) is 5.69 Å². The van der Waals surface area contributed by atoms with Crippen molar-refractivity contribution in [2.75, 3.05) is 13.1 Å². The van der Waals surface area contributed by atoms with Crippen LogP contribution in [-0.2, 0) is 11.2 Å². The lowest BCUT2D eigenvalue weighted by Gasteiger charge is -2.20. The standard InChI is InChI=1S/C13H23N3.C2HF3O2/c1-2-3-4-5-12-10-13(16-15-12)11-6-8-14-9-7-11;3-2(4,5)1(6)7/h10-11,14H,2-9H2,1H3,(H,15,16);(H,6,7). The first-order valence-electron chi connectivity index (χ1n) is 7.89. The second kappa shape index (κ2) is 9.54. The summed E-state index contributed by atoms with van der Waals surface area (Å²) in [6.07, 6.45) is 2.44. The third-order valence-corrected chi connectivity index (χ3v) is 3.70. The average molecular weight is 335 g/mol. The van der Waals surface area contributed by atoms with E-state index >= 15 is 0 Å². The van der Waals surface area contributed by atoms with Gasteiger partial charge in [-0.05, 0) is 44.8 Å². The number of nitrogens with zero attached hydrogens (tertiary/aromatic N) is 1. The molecular weight excluding hydrogens is 311 g/mol. The van der Waals surface area contributed by atoms with E-state index in [0.29, 0.717) is 5.92 Å². The van der Waals surface area contributed by atoms with Gasteiger partial charge in [0.2, 0.25) is 0 Å². The largest absolute Gasteiger partial charge is 0.490 e. The summed E-state index contributed by atoms with van der Waals surface area (Å²) in [7, 11) is 0. The van der Waals surface area contributed by atoms with Gasteiger partial charge in [-0.3, -0.25) is 5.10 Å². The Bertz CT molecular complexity index is 469. The fourth-order valence-corrected chi connectivity index (χ4v) is 2.40. The first-order valence-corrected chi connectivity index (χ1v) is 7.89. The molecule has 132 valence electrons. The number of hydrogen-bond donors (Lipinski definition) is 3. The van der Waals surface area contributed by atoms with Crippen molar-refractivity contribution in [1.82, 2.24) is 15.5 Å². The Hall–Kier alpha value is -1.57. The number of aromatic amines is 1. The Labute approximate surface area is 133 Å². The molecule has 1 aromatic heterocycles. The van der Waals surface area contributed by atoms with Gasteiger partial charge in [-0.15, -0.1) is 0 Å². The number of halogens is 3. The number of H-pyrrole nitrogens is 1. The molecule has 2 rings (SSSR count). The Kier molecular flexibility index (Phi) is 8.08. The molecule has 0 unspecified atom stereocenters. The number of aromatic nitrogens is 2. The molecule has 0 atom stereocenters. The van der Waals surface area contributed by atoms with Gasteiger partial charge in [0.15, 0.2) is 0 Å². The number of nitrogens with one attached hydrogen (secondary N) is 2. The molecular formula is C15H24F3N3O2. The molecule has 1 saturated heterocycles. The lowest BCUT2D eigenvalue weighted by Crippen LogP contribution is -2.26. The minimum Gasteiger partial charge on any atom is -0.475 e. The van der Waals surface area contributed by atoms with Crippen molar-refractivity contribution in [2.45, 2.75) is 57.5 Å². The molecule has 0 radical (unpaired) electrons. The molecule has 0 saturated carbocycles. The maximum Gasteiger partial charge on any atom is 0.490 e. The second-order valence-corrected chi connectivity index (χ2v) is 5.60. The SMILES string of the molecule is CCCCCc1cc(C2CCNCC2)n[nH]1.O=C(O)C(F)(F)F. The lowest BCUT2D eigenvalue weighted by molar-refractivity contribution is -0.192. The van der Waals surface area contributed by atoms with Crippen LogP contribution in [-0.4, -0.2) is 40.5 Å². The zero-order chi connectivity index (χ0) is 17.3. The normalized spacial score (nSPS) is 15.8. The maximum atomic E-state index is 10.6. The summed E-state index contributed by atoms with van der Waals surface area (Å²) >= 11 is 0. The van der Waals surface area contributed by atoms with E-state index in [1.54, 1.807) is 0 Å². The fraction of sp³-hybridized carbons (Fsp3) is 0.733. The molecule has 23 heavy (non-hydrogen) atoms. The Morgan fingerprint density at radius 1 is 1.35 bits per heavy atom. The van der Waals surface area contributed by atoms with Gasteiger partial charge in [-0.25, -0.2) is 4.79 Å². The van der Waals surface area contributed by atoms with Crippen LogP contribution >= 0.6 is 0 Å². The molecule has 0 aromatic carbocycles. The summed E-state index contributed by atoms with van der Waals surface area (Å²) in [5.41, 5.74) is 2.61. The van der Waals surface area contributed by atoms with Crippen LogP contribution in [0.1, 0.15) is 56.3 Å². The zero-order valence-electron chi connectivity index (χ0n) is 13.2. The monoisotopic (exact) mass is 335 g/mol. The van der Waals surface area contributed by atoms with E-state index in [-0.39, 0.29) is 0 Å². The van der Waals surface area contributed by atoms with E-state index in [1.807, 2.05) is 0 Å². The van der Waals surface area contributed by atoms with E-state index in [9.17, 15) is 13.2 Å². The molecule has 1 aromatic rings. The highest BCUT2D eigenvalue weighted by atomic mass is 19.4. The van der Waals surface area contributed by atoms with Crippen molar-refractivity contribution in [2.24, 2.45) is 0 Å². The molecule has 0 bridgehead atoms. The number of rotatable bonds is 5. The molecule has 3 N–H and O–H groups in total. The number of aliphatic carboxylic acids is 1. The van der Waals surface area contributed by atoms with Crippen molar-refractivity contribution >= 4 is 5.97 Å². The Morgan fingerprint density at radius 3 is 2.48 bits per heavy atom. The Balaban J connectivity index is 0.000000322. The number of piperidine rings is 1. The smallest absolute Gasteiger partial charge is 0.475 e. The second-order valence-electron chi connectivity index (χ2n) is 5.60. The molecule has 5 nitrogen and oxygen atoms in total. The zero-order valence-corrected chi connectivity index (χ0v) is 13.2. The van der Waals surface area contributed by atoms with Gasteiger partial charge in [-0.2, -0.15) is 18.3 Å². The highest BCUT2D eigenvalue weighted by Gasteiger charge is 2.38. The quantitative estimate of drug-likeness (QED) is 0.722. The fourth-order valence-electron chi connectivity index (χ4n) is 2.40. The predicted octanol–water partition coefficient (Wildman–Crippen LogP) is 3.24. The average Bonchev–Trinajstić information content (AvgIpc) is 2.97. The van der Waals surface area contributed by atoms with Gasteiger partial charge in [-0.1, -0.05) is 19.8 Å². The van der Waals surface area contributed by atoms with E-state index in [1.165, 1.54) is 43.5 Å². The summed E-state index contributed by atoms with van der Waals surface area (Å²) in [5, 5.41) is 18.2. The van der Waals surface area contributed by atoms with Gasteiger partial charge < -0.3 is 10.4 Å². The van der Waals surface area contributed by atoms with E-state index in [0.717, 1.165) is 19.5 Å². The van der Waals surface area contributed by atoms with Crippen LogP contribution in [0.25, 0.3) is 0 Å². The van der Waals surface area contributed by atoms with Crippen molar-refractivity contribution in [1.29, 1.82) is 0 Å². The highest BCUT2D eigenvalue weighted by Crippen LogP contribution is 2.24. The minimum absolute atomic E-state index is 0.678. The number of unbranched alkanes of at least 4 members (excludes halogenated alkanes) is 2. The number of aryl methyl sites for hydroxylation is 1. The summed E-state index contributed by atoms with van der Waals surface area (Å²) in [4.78, 5) is 8.90. The molecule has 8 heteroatoms. The molecule has 1 aliphatic rings. The number of alkyl halides is 3.